The fraction of sp³-hybridized carbons (Fsp3) is 0.423. The van der Waals surface area contributed by atoms with Crippen LogP contribution in [0, 0.1) is 0 Å². The van der Waals surface area contributed by atoms with Crippen LogP contribution in [0.1, 0.15) is 37.5 Å². The van der Waals surface area contributed by atoms with Crippen molar-refractivity contribution in [2.45, 2.75) is 58.0 Å². The molecule has 1 aliphatic rings. The Bertz CT molecular complexity index is 1050. The minimum atomic E-state index is -1.23. The number of amides is 2. The summed E-state index contributed by atoms with van der Waals surface area (Å²) in [6.07, 6.45) is -0.448. The molecule has 1 unspecified atom stereocenters. The lowest BCUT2D eigenvalue weighted by atomic mass is 9.93. The molecule has 1 aliphatic heterocycles. The first-order valence-corrected chi connectivity index (χ1v) is 11.4. The van der Waals surface area contributed by atoms with Gasteiger partial charge in [-0.3, -0.25) is 9.69 Å². The Hall–Kier alpha value is -3.59. The number of nitrogens with zero attached hydrogens (tertiary/aromatic N) is 1. The molecule has 1 heterocycles. The van der Waals surface area contributed by atoms with Gasteiger partial charge in [0.05, 0.1) is 20.3 Å². The third-order valence-electron chi connectivity index (χ3n) is 5.47. The summed E-state index contributed by atoms with van der Waals surface area (Å²) in [5, 5.41) is 12.0. The summed E-state index contributed by atoms with van der Waals surface area (Å²) in [7, 11) is 1.17. The van der Waals surface area contributed by atoms with Gasteiger partial charge in [-0.1, -0.05) is 36.4 Å². The van der Waals surface area contributed by atoms with E-state index in [-0.39, 0.29) is 13.0 Å². The Kier molecular flexibility index (Phi) is 8.34. The van der Waals surface area contributed by atoms with Crippen molar-refractivity contribution >= 4 is 18.0 Å². The maximum absolute atomic E-state index is 13.1. The van der Waals surface area contributed by atoms with Gasteiger partial charge in [0.15, 0.2) is 6.04 Å². The van der Waals surface area contributed by atoms with Crippen LogP contribution in [0.4, 0.5) is 4.79 Å². The summed E-state index contributed by atoms with van der Waals surface area (Å²) < 4.78 is 16.1. The Labute approximate surface area is 205 Å². The number of fused-ring (bicyclic) bond motifs is 1. The van der Waals surface area contributed by atoms with Crippen LogP contribution in [0.3, 0.4) is 0 Å². The number of ether oxygens (including phenoxy) is 3. The molecule has 0 bridgehead atoms. The van der Waals surface area contributed by atoms with Gasteiger partial charge in [0.2, 0.25) is 5.91 Å². The van der Waals surface area contributed by atoms with Crippen LogP contribution in [0.2, 0.25) is 0 Å². The minimum Gasteiger partial charge on any atom is -0.489 e. The van der Waals surface area contributed by atoms with Crippen LogP contribution >= 0.6 is 0 Å². The van der Waals surface area contributed by atoms with E-state index in [1.807, 2.05) is 48.5 Å². The molecular weight excluding hydrogens is 452 g/mol. The molecular formula is C26H32N2O7. The van der Waals surface area contributed by atoms with Gasteiger partial charge in [0.25, 0.3) is 0 Å². The van der Waals surface area contributed by atoms with E-state index >= 15 is 0 Å². The Morgan fingerprint density at radius 3 is 2.46 bits per heavy atom. The molecule has 2 aromatic rings. The van der Waals surface area contributed by atoms with Crippen LogP contribution in [-0.2, 0) is 38.6 Å². The van der Waals surface area contributed by atoms with Crippen molar-refractivity contribution in [2.75, 3.05) is 13.7 Å². The summed E-state index contributed by atoms with van der Waals surface area (Å²) in [5.74, 6) is -0.720. The van der Waals surface area contributed by atoms with E-state index < -0.39 is 42.3 Å². The van der Waals surface area contributed by atoms with Crippen molar-refractivity contribution in [3.05, 3.63) is 65.2 Å². The van der Waals surface area contributed by atoms with Gasteiger partial charge >= 0.3 is 12.1 Å². The number of esters is 1. The van der Waals surface area contributed by atoms with Crippen LogP contribution in [0.15, 0.2) is 48.5 Å². The smallest absolute Gasteiger partial charge is 0.411 e. The highest BCUT2D eigenvalue weighted by atomic mass is 16.6. The number of hydrogen-bond acceptors (Lipinski definition) is 7. The van der Waals surface area contributed by atoms with Crippen LogP contribution < -0.4 is 10.1 Å². The highest BCUT2D eigenvalue weighted by Crippen LogP contribution is 2.29. The van der Waals surface area contributed by atoms with Crippen molar-refractivity contribution in [3.8, 4) is 5.75 Å². The van der Waals surface area contributed by atoms with E-state index in [0.717, 1.165) is 16.7 Å². The summed E-state index contributed by atoms with van der Waals surface area (Å²) in [6, 6.07) is 13.1. The molecule has 0 fully saturated rings. The van der Waals surface area contributed by atoms with Crippen LogP contribution in [0.5, 0.6) is 5.75 Å². The Balaban J connectivity index is 1.83. The normalized spacial score (nSPS) is 16.0. The van der Waals surface area contributed by atoms with Gasteiger partial charge < -0.3 is 24.6 Å². The number of nitrogens with one attached hydrogen (secondary N) is 1. The van der Waals surface area contributed by atoms with Crippen molar-refractivity contribution in [1.82, 2.24) is 10.2 Å². The average Bonchev–Trinajstić information content (AvgIpc) is 2.84. The molecule has 9 nitrogen and oxygen atoms in total. The van der Waals surface area contributed by atoms with E-state index in [4.69, 9.17) is 9.47 Å². The lowest BCUT2D eigenvalue weighted by Crippen LogP contribution is -2.57. The first-order valence-electron chi connectivity index (χ1n) is 11.4. The summed E-state index contributed by atoms with van der Waals surface area (Å²) in [4.78, 5) is 39.3. The van der Waals surface area contributed by atoms with E-state index in [1.54, 1.807) is 20.8 Å². The van der Waals surface area contributed by atoms with E-state index in [1.165, 1.54) is 12.0 Å². The van der Waals surface area contributed by atoms with Crippen LogP contribution in [-0.4, -0.2) is 59.4 Å². The Morgan fingerprint density at radius 2 is 1.83 bits per heavy atom. The molecule has 0 aliphatic carbocycles. The Morgan fingerprint density at radius 1 is 1.11 bits per heavy atom. The molecule has 0 saturated heterocycles. The number of rotatable bonds is 7. The molecule has 9 heteroatoms. The summed E-state index contributed by atoms with van der Waals surface area (Å²) >= 11 is 0. The first kappa shape index (κ1) is 26.0. The number of methoxy groups -OCH3 is 1. The minimum absolute atomic E-state index is 0.118. The van der Waals surface area contributed by atoms with Crippen molar-refractivity contribution in [2.24, 2.45) is 0 Å². The topological polar surface area (TPSA) is 114 Å². The predicted molar refractivity (Wildman–Crippen MR) is 128 cm³/mol. The second-order valence-electron chi connectivity index (χ2n) is 9.30. The van der Waals surface area contributed by atoms with E-state index in [2.05, 4.69) is 10.1 Å². The van der Waals surface area contributed by atoms with Crippen molar-refractivity contribution in [3.63, 3.8) is 0 Å². The number of carbonyl (C=O) groups is 3. The van der Waals surface area contributed by atoms with E-state index in [9.17, 15) is 19.5 Å². The van der Waals surface area contributed by atoms with Gasteiger partial charge in [0, 0.05) is 6.42 Å². The monoisotopic (exact) mass is 484 g/mol. The quantitative estimate of drug-likeness (QED) is 0.581. The molecule has 0 spiro atoms. The average molecular weight is 485 g/mol. The predicted octanol–water partition coefficient (Wildman–Crippen LogP) is 2.58. The van der Waals surface area contributed by atoms with Gasteiger partial charge in [-0.2, -0.15) is 0 Å². The third-order valence-corrected chi connectivity index (χ3v) is 5.47. The summed E-state index contributed by atoms with van der Waals surface area (Å²) in [6.45, 7) is 5.12. The highest BCUT2D eigenvalue weighted by Gasteiger charge is 2.38. The number of hydrogen-bond donors (Lipinski definition) is 2. The van der Waals surface area contributed by atoms with Gasteiger partial charge in [-0.15, -0.1) is 0 Å². The van der Waals surface area contributed by atoms with Gasteiger partial charge in [-0.25, -0.2) is 9.59 Å². The molecule has 0 saturated carbocycles. The molecule has 2 amide bonds. The van der Waals surface area contributed by atoms with Gasteiger partial charge in [-0.05, 0) is 49.6 Å². The highest BCUT2D eigenvalue weighted by molar-refractivity contribution is 5.90. The molecule has 2 atom stereocenters. The summed E-state index contributed by atoms with van der Waals surface area (Å²) in [5.41, 5.74) is 1.97. The number of carbonyl (C=O) groups excluding carboxylic acids is 3. The van der Waals surface area contributed by atoms with Crippen molar-refractivity contribution < 1.29 is 33.7 Å². The lowest BCUT2D eigenvalue weighted by Gasteiger charge is -2.37. The zero-order valence-electron chi connectivity index (χ0n) is 20.4. The number of benzene rings is 2. The fourth-order valence-corrected chi connectivity index (χ4v) is 3.73. The van der Waals surface area contributed by atoms with E-state index in [0.29, 0.717) is 12.4 Å². The number of aliphatic hydroxyl groups is 1. The lowest BCUT2D eigenvalue weighted by molar-refractivity contribution is -0.147. The molecule has 0 aromatic heterocycles. The fourth-order valence-electron chi connectivity index (χ4n) is 3.73. The van der Waals surface area contributed by atoms with Gasteiger partial charge in [0.1, 0.15) is 24.0 Å². The number of aliphatic hydroxyl groups excluding tert-OH is 1. The zero-order valence-corrected chi connectivity index (χ0v) is 20.4. The molecule has 2 aromatic carbocycles. The largest absolute Gasteiger partial charge is 0.489 e. The standard InChI is InChI=1S/C26H32N2O7/c1-26(2,3)35-25(32)28-14-19-12-20(34-16-17-8-6-5-7-9-17)11-10-18(19)13-22(28)23(30)27-21(15-29)24(31)33-4/h5-12,21-22,29H,13-16H2,1-4H3,(H,27,30)/t21-,22?/m0/s1. The SMILES string of the molecule is COC(=O)[C@H](CO)NC(=O)C1Cc2ccc(OCc3ccccc3)cc2CN1C(=O)OC(C)(C)C. The molecule has 35 heavy (non-hydrogen) atoms. The maximum atomic E-state index is 13.1. The molecule has 2 N–H and O–H groups in total. The van der Waals surface area contributed by atoms with Crippen molar-refractivity contribution in [1.29, 1.82) is 0 Å². The first-order chi connectivity index (χ1) is 16.6. The zero-order chi connectivity index (χ0) is 25.6. The second kappa shape index (κ2) is 11.2. The maximum Gasteiger partial charge on any atom is 0.411 e. The molecule has 188 valence electrons. The molecule has 3 rings (SSSR count). The second-order valence-corrected chi connectivity index (χ2v) is 9.30. The third kappa shape index (κ3) is 6.95. The molecule has 0 radical (unpaired) electrons. The van der Waals surface area contributed by atoms with Crippen LogP contribution in [0.25, 0.3) is 0 Å².